The number of nitrogens with one attached hydrogen (secondary N) is 3. The third-order valence-corrected chi connectivity index (χ3v) is 3.22. The van der Waals surface area contributed by atoms with Gasteiger partial charge >= 0.3 is 0 Å². The van der Waals surface area contributed by atoms with E-state index < -0.39 is 0 Å². The Labute approximate surface area is 155 Å². The van der Waals surface area contributed by atoms with Crippen molar-refractivity contribution in [1.82, 2.24) is 10.6 Å². The first-order valence-corrected chi connectivity index (χ1v) is 7.64. The molecule has 2 aromatic rings. The van der Waals surface area contributed by atoms with Gasteiger partial charge in [-0.3, -0.25) is 4.99 Å². The number of benzene rings is 1. The van der Waals surface area contributed by atoms with Gasteiger partial charge in [0, 0.05) is 38.8 Å². The van der Waals surface area contributed by atoms with E-state index in [4.69, 9.17) is 4.42 Å². The molecule has 2 rings (SSSR count). The van der Waals surface area contributed by atoms with Crippen molar-refractivity contribution < 1.29 is 4.42 Å². The number of hydrogen-bond acceptors (Lipinski definition) is 3. The van der Waals surface area contributed by atoms with Gasteiger partial charge in [0.25, 0.3) is 0 Å². The highest BCUT2D eigenvalue weighted by molar-refractivity contribution is 14.0. The van der Waals surface area contributed by atoms with Crippen LogP contribution in [-0.2, 0) is 6.42 Å². The Bertz CT molecular complexity index is 543. The SMILES string of the molecule is CN=C(NCCCNc1ccccc1)NCCc1ccco1.I. The van der Waals surface area contributed by atoms with Crippen molar-refractivity contribution in [3.05, 3.63) is 54.5 Å². The monoisotopic (exact) mass is 428 g/mol. The van der Waals surface area contributed by atoms with Crippen LogP contribution in [0.1, 0.15) is 12.2 Å². The molecule has 1 aromatic carbocycles. The summed E-state index contributed by atoms with van der Waals surface area (Å²) in [5.74, 6) is 1.81. The fourth-order valence-corrected chi connectivity index (χ4v) is 2.06. The third kappa shape index (κ3) is 7.92. The molecule has 6 heteroatoms. The van der Waals surface area contributed by atoms with Crippen molar-refractivity contribution in [2.24, 2.45) is 4.99 Å². The second-order valence-electron chi connectivity index (χ2n) is 4.90. The molecule has 0 aliphatic carbocycles. The summed E-state index contributed by atoms with van der Waals surface area (Å²) in [4.78, 5) is 4.21. The average molecular weight is 428 g/mol. The van der Waals surface area contributed by atoms with E-state index in [1.165, 1.54) is 0 Å². The largest absolute Gasteiger partial charge is 0.469 e. The van der Waals surface area contributed by atoms with Gasteiger partial charge in [-0.05, 0) is 30.7 Å². The number of guanidine groups is 1. The molecule has 0 atom stereocenters. The second-order valence-corrected chi connectivity index (χ2v) is 4.90. The smallest absolute Gasteiger partial charge is 0.190 e. The fraction of sp³-hybridized carbons (Fsp3) is 0.353. The Morgan fingerprint density at radius 2 is 1.78 bits per heavy atom. The molecule has 5 nitrogen and oxygen atoms in total. The van der Waals surface area contributed by atoms with E-state index in [0.29, 0.717) is 0 Å². The van der Waals surface area contributed by atoms with Crippen LogP contribution in [0.5, 0.6) is 0 Å². The first kappa shape index (κ1) is 19.3. The molecular formula is C17H25IN4O. The number of nitrogens with zero attached hydrogens (tertiary/aromatic N) is 1. The lowest BCUT2D eigenvalue weighted by atomic mass is 10.3. The number of rotatable bonds is 8. The van der Waals surface area contributed by atoms with Gasteiger partial charge in [0.15, 0.2) is 5.96 Å². The van der Waals surface area contributed by atoms with Crippen LogP contribution in [0.3, 0.4) is 0 Å². The van der Waals surface area contributed by atoms with Crippen LogP contribution in [0.15, 0.2) is 58.1 Å². The fourth-order valence-electron chi connectivity index (χ4n) is 2.06. The molecule has 0 aliphatic rings. The molecule has 0 saturated carbocycles. The molecule has 0 fully saturated rings. The number of para-hydroxylation sites is 1. The van der Waals surface area contributed by atoms with E-state index in [1.54, 1.807) is 13.3 Å². The highest BCUT2D eigenvalue weighted by atomic mass is 127. The normalized spacial score (nSPS) is 10.7. The topological polar surface area (TPSA) is 61.6 Å². The molecule has 3 N–H and O–H groups in total. The number of anilines is 1. The van der Waals surface area contributed by atoms with Gasteiger partial charge < -0.3 is 20.4 Å². The summed E-state index contributed by atoms with van der Waals surface area (Å²) in [5, 5.41) is 9.96. The van der Waals surface area contributed by atoms with Gasteiger partial charge in [-0.1, -0.05) is 18.2 Å². The molecule has 1 aromatic heterocycles. The van der Waals surface area contributed by atoms with E-state index in [1.807, 2.05) is 30.3 Å². The minimum absolute atomic E-state index is 0. The zero-order chi connectivity index (χ0) is 15.5. The predicted octanol–water partition coefficient (Wildman–Crippen LogP) is 3.11. The summed E-state index contributed by atoms with van der Waals surface area (Å²) in [7, 11) is 1.78. The minimum Gasteiger partial charge on any atom is -0.469 e. The van der Waals surface area contributed by atoms with Crippen LogP contribution in [-0.4, -0.2) is 32.6 Å². The summed E-state index contributed by atoms with van der Waals surface area (Å²) in [5.41, 5.74) is 1.16. The lowest BCUT2D eigenvalue weighted by Gasteiger charge is -2.12. The molecule has 0 unspecified atom stereocenters. The Morgan fingerprint density at radius 1 is 1.00 bits per heavy atom. The summed E-state index contributed by atoms with van der Waals surface area (Å²) in [6.07, 6.45) is 3.57. The van der Waals surface area contributed by atoms with Gasteiger partial charge in [0.1, 0.15) is 5.76 Å². The number of hydrogen-bond donors (Lipinski definition) is 3. The van der Waals surface area contributed by atoms with Crippen LogP contribution in [0.2, 0.25) is 0 Å². The highest BCUT2D eigenvalue weighted by Gasteiger charge is 1.99. The van der Waals surface area contributed by atoms with Crippen LogP contribution in [0.25, 0.3) is 0 Å². The van der Waals surface area contributed by atoms with Crippen molar-refractivity contribution in [2.45, 2.75) is 12.8 Å². The first-order chi connectivity index (χ1) is 10.9. The van der Waals surface area contributed by atoms with Gasteiger partial charge in [-0.2, -0.15) is 0 Å². The molecule has 126 valence electrons. The molecule has 23 heavy (non-hydrogen) atoms. The van der Waals surface area contributed by atoms with Crippen LogP contribution < -0.4 is 16.0 Å². The van der Waals surface area contributed by atoms with Crippen LogP contribution in [0, 0.1) is 0 Å². The zero-order valence-corrected chi connectivity index (χ0v) is 15.7. The molecule has 0 aliphatic heterocycles. The number of furan rings is 1. The van der Waals surface area contributed by atoms with Gasteiger partial charge in [0.2, 0.25) is 0 Å². The van der Waals surface area contributed by atoms with Crippen LogP contribution >= 0.6 is 24.0 Å². The lowest BCUT2D eigenvalue weighted by molar-refractivity contribution is 0.507. The molecule has 0 bridgehead atoms. The minimum atomic E-state index is 0. The summed E-state index contributed by atoms with van der Waals surface area (Å²) in [6, 6.07) is 14.1. The molecule has 0 radical (unpaired) electrons. The van der Waals surface area contributed by atoms with E-state index in [-0.39, 0.29) is 24.0 Å². The predicted molar refractivity (Wildman–Crippen MR) is 107 cm³/mol. The summed E-state index contributed by atoms with van der Waals surface area (Å²) >= 11 is 0. The van der Waals surface area contributed by atoms with Crippen molar-refractivity contribution in [3.63, 3.8) is 0 Å². The summed E-state index contributed by atoms with van der Waals surface area (Å²) < 4.78 is 5.30. The molecule has 0 amide bonds. The number of halogens is 1. The molecule has 1 heterocycles. The standard InChI is InChI=1S/C17H24N4O.HI/c1-18-17(21-13-10-16-9-5-14-22-16)20-12-6-11-19-15-7-3-2-4-8-15;/h2-5,7-9,14,19H,6,10-13H2,1H3,(H2,18,20,21);1H. The highest BCUT2D eigenvalue weighted by Crippen LogP contribution is 2.04. The van der Waals surface area contributed by atoms with E-state index in [9.17, 15) is 0 Å². The quantitative estimate of drug-likeness (QED) is 0.262. The molecule has 0 spiro atoms. The number of aliphatic imine (C=N–C) groups is 1. The van der Waals surface area contributed by atoms with Gasteiger partial charge in [-0.15, -0.1) is 24.0 Å². The summed E-state index contributed by atoms with van der Waals surface area (Å²) in [6.45, 7) is 2.61. The lowest BCUT2D eigenvalue weighted by Crippen LogP contribution is -2.39. The van der Waals surface area contributed by atoms with E-state index in [2.05, 4.69) is 33.1 Å². The molecular weight excluding hydrogens is 403 g/mol. The zero-order valence-electron chi connectivity index (χ0n) is 13.4. The Hall–Kier alpha value is -1.70. The Balaban J connectivity index is 0.00000264. The van der Waals surface area contributed by atoms with Crippen molar-refractivity contribution in [3.8, 4) is 0 Å². The Kier molecular flexibility index (Phi) is 9.94. The van der Waals surface area contributed by atoms with Crippen LogP contribution in [0.4, 0.5) is 5.69 Å². The van der Waals surface area contributed by atoms with E-state index >= 15 is 0 Å². The maximum Gasteiger partial charge on any atom is 0.190 e. The first-order valence-electron chi connectivity index (χ1n) is 7.64. The maximum atomic E-state index is 5.30. The van der Waals surface area contributed by atoms with Crippen molar-refractivity contribution in [1.29, 1.82) is 0 Å². The maximum absolute atomic E-state index is 5.30. The average Bonchev–Trinajstić information content (AvgIpc) is 3.07. The van der Waals surface area contributed by atoms with Crippen molar-refractivity contribution in [2.75, 3.05) is 32.0 Å². The Morgan fingerprint density at radius 3 is 2.48 bits per heavy atom. The van der Waals surface area contributed by atoms with Gasteiger partial charge in [0.05, 0.1) is 6.26 Å². The van der Waals surface area contributed by atoms with Crippen molar-refractivity contribution >= 4 is 35.6 Å². The second kappa shape index (κ2) is 11.8. The van der Waals surface area contributed by atoms with E-state index in [0.717, 1.165) is 49.9 Å². The van der Waals surface area contributed by atoms with Gasteiger partial charge in [-0.25, -0.2) is 0 Å². The molecule has 0 saturated heterocycles. The third-order valence-electron chi connectivity index (χ3n) is 3.22.